The lowest BCUT2D eigenvalue weighted by Crippen LogP contribution is -2.45. The van der Waals surface area contributed by atoms with Gasteiger partial charge in [0, 0.05) is 30.6 Å². The number of hydrogen-bond donors (Lipinski definition) is 2. The van der Waals surface area contributed by atoms with Crippen LogP contribution in [0, 0.1) is 0 Å². The Kier molecular flexibility index (Phi) is 6.77. The third kappa shape index (κ3) is 5.50. The van der Waals surface area contributed by atoms with Crippen LogP contribution in [-0.4, -0.2) is 28.5 Å². The predicted octanol–water partition coefficient (Wildman–Crippen LogP) is 4.69. The first-order chi connectivity index (χ1) is 15.6. The van der Waals surface area contributed by atoms with Gasteiger partial charge in [-0.25, -0.2) is 4.79 Å². The van der Waals surface area contributed by atoms with E-state index in [1.807, 2.05) is 78.9 Å². The second kappa shape index (κ2) is 10.1. The number of carbonyl (C=O) groups is 2. The van der Waals surface area contributed by atoms with Crippen molar-refractivity contribution >= 4 is 35.0 Å². The van der Waals surface area contributed by atoms with E-state index in [2.05, 4.69) is 10.6 Å². The number of likely N-dealkylation sites (tertiary alicyclic amines) is 1. The van der Waals surface area contributed by atoms with Crippen LogP contribution in [0.15, 0.2) is 84.9 Å². The van der Waals surface area contributed by atoms with Crippen molar-refractivity contribution in [1.29, 1.82) is 0 Å². The smallest absolute Gasteiger partial charge is 0.330 e. The standard InChI is InChI=1S/C25H23N3O3S/c29-23-14-20(19-10-5-2-6-11-19)16-28(23)25(30)27-24(32)26-21-12-7-13-22(15-21)31-17-18-8-3-1-4-9-18/h1-13,15,20H,14,16-17H2,(H2,26,27,30,32). The first kappa shape index (κ1) is 21.5. The Morgan fingerprint density at radius 3 is 2.47 bits per heavy atom. The second-order valence-electron chi connectivity index (χ2n) is 7.50. The highest BCUT2D eigenvalue weighted by Crippen LogP contribution is 2.28. The molecule has 3 aromatic carbocycles. The zero-order valence-corrected chi connectivity index (χ0v) is 18.2. The molecule has 0 radical (unpaired) electrons. The van der Waals surface area contributed by atoms with Crippen LogP contribution in [0.25, 0.3) is 0 Å². The van der Waals surface area contributed by atoms with E-state index in [9.17, 15) is 9.59 Å². The van der Waals surface area contributed by atoms with Gasteiger partial charge >= 0.3 is 6.03 Å². The van der Waals surface area contributed by atoms with Gasteiger partial charge in [0.25, 0.3) is 0 Å². The van der Waals surface area contributed by atoms with E-state index in [1.165, 1.54) is 4.90 Å². The van der Waals surface area contributed by atoms with Crippen molar-refractivity contribution in [1.82, 2.24) is 10.2 Å². The second-order valence-corrected chi connectivity index (χ2v) is 7.91. The Morgan fingerprint density at radius 1 is 1.00 bits per heavy atom. The highest BCUT2D eigenvalue weighted by molar-refractivity contribution is 7.80. The minimum Gasteiger partial charge on any atom is -0.489 e. The number of anilines is 1. The Labute approximate surface area is 192 Å². The van der Waals surface area contributed by atoms with Gasteiger partial charge in [0.2, 0.25) is 5.91 Å². The highest BCUT2D eigenvalue weighted by atomic mass is 32.1. The fourth-order valence-electron chi connectivity index (χ4n) is 3.58. The number of imide groups is 1. The topological polar surface area (TPSA) is 70.7 Å². The lowest BCUT2D eigenvalue weighted by Gasteiger charge is -2.17. The van der Waals surface area contributed by atoms with Crippen LogP contribution in [0.2, 0.25) is 0 Å². The molecule has 1 saturated heterocycles. The van der Waals surface area contributed by atoms with E-state index in [-0.39, 0.29) is 16.9 Å². The molecular formula is C25H23N3O3S. The van der Waals surface area contributed by atoms with Gasteiger partial charge in [-0.05, 0) is 35.5 Å². The van der Waals surface area contributed by atoms with Gasteiger partial charge in [0.15, 0.2) is 5.11 Å². The predicted molar refractivity (Wildman–Crippen MR) is 127 cm³/mol. The van der Waals surface area contributed by atoms with E-state index >= 15 is 0 Å². The maximum Gasteiger partial charge on any atom is 0.330 e. The maximum absolute atomic E-state index is 12.6. The van der Waals surface area contributed by atoms with Gasteiger partial charge in [-0.15, -0.1) is 0 Å². The summed E-state index contributed by atoms with van der Waals surface area (Å²) in [4.78, 5) is 26.2. The summed E-state index contributed by atoms with van der Waals surface area (Å²) in [6.45, 7) is 0.783. The molecule has 1 unspecified atom stereocenters. The quantitative estimate of drug-likeness (QED) is 0.558. The Bertz CT molecular complexity index is 1110. The molecule has 0 aromatic heterocycles. The minimum absolute atomic E-state index is 0.00516. The first-order valence-corrected chi connectivity index (χ1v) is 10.7. The number of nitrogens with one attached hydrogen (secondary N) is 2. The minimum atomic E-state index is -0.526. The average molecular weight is 446 g/mol. The number of rotatable bonds is 5. The number of amides is 3. The van der Waals surface area contributed by atoms with Crippen LogP contribution in [0.1, 0.15) is 23.5 Å². The van der Waals surface area contributed by atoms with Crippen molar-refractivity contribution in [3.63, 3.8) is 0 Å². The van der Waals surface area contributed by atoms with Gasteiger partial charge in [0.1, 0.15) is 12.4 Å². The third-order valence-electron chi connectivity index (χ3n) is 5.20. The number of carbonyl (C=O) groups excluding carboxylic acids is 2. The summed E-state index contributed by atoms with van der Waals surface area (Å²) in [7, 11) is 0. The molecule has 0 saturated carbocycles. The summed E-state index contributed by atoms with van der Waals surface area (Å²) >= 11 is 5.27. The zero-order chi connectivity index (χ0) is 22.3. The third-order valence-corrected chi connectivity index (χ3v) is 5.41. The summed E-state index contributed by atoms with van der Waals surface area (Å²) in [6.07, 6.45) is 0.304. The normalized spacial score (nSPS) is 15.3. The molecule has 6 nitrogen and oxygen atoms in total. The molecule has 162 valence electrons. The molecule has 0 spiro atoms. The van der Waals surface area contributed by atoms with Crippen molar-refractivity contribution < 1.29 is 14.3 Å². The molecule has 1 aliphatic rings. The van der Waals surface area contributed by atoms with Crippen LogP contribution in [-0.2, 0) is 11.4 Å². The van der Waals surface area contributed by atoms with Gasteiger partial charge in [0.05, 0.1) is 0 Å². The van der Waals surface area contributed by atoms with Gasteiger partial charge in [-0.1, -0.05) is 66.7 Å². The van der Waals surface area contributed by atoms with Gasteiger partial charge < -0.3 is 10.1 Å². The molecule has 0 aliphatic carbocycles. The number of urea groups is 1. The number of nitrogens with zero attached hydrogens (tertiary/aromatic N) is 1. The number of benzene rings is 3. The van der Waals surface area contributed by atoms with Crippen molar-refractivity contribution in [2.45, 2.75) is 18.9 Å². The van der Waals surface area contributed by atoms with E-state index in [4.69, 9.17) is 17.0 Å². The van der Waals surface area contributed by atoms with Crippen LogP contribution < -0.4 is 15.4 Å². The van der Waals surface area contributed by atoms with Gasteiger partial charge in [-0.3, -0.25) is 15.0 Å². The fraction of sp³-hybridized carbons (Fsp3) is 0.160. The molecule has 0 bridgehead atoms. The van der Waals surface area contributed by atoms with Crippen molar-refractivity contribution in [3.8, 4) is 5.75 Å². The van der Waals surface area contributed by atoms with E-state index in [0.717, 1.165) is 11.1 Å². The molecule has 32 heavy (non-hydrogen) atoms. The molecule has 3 aromatic rings. The molecule has 1 aliphatic heterocycles. The molecule has 1 atom stereocenters. The summed E-state index contributed by atoms with van der Waals surface area (Å²) in [5, 5.41) is 5.69. The summed E-state index contributed by atoms with van der Waals surface area (Å²) in [5.74, 6) is 0.457. The Balaban J connectivity index is 1.30. The van der Waals surface area contributed by atoms with Crippen molar-refractivity contribution in [3.05, 3.63) is 96.1 Å². The first-order valence-electron chi connectivity index (χ1n) is 10.3. The number of hydrogen-bond acceptors (Lipinski definition) is 4. The molecule has 4 rings (SSSR count). The molecule has 3 amide bonds. The van der Waals surface area contributed by atoms with E-state index < -0.39 is 6.03 Å². The maximum atomic E-state index is 12.6. The SMILES string of the molecule is O=C1CC(c2ccccc2)CN1C(=O)NC(=S)Nc1cccc(OCc2ccccc2)c1. The highest BCUT2D eigenvalue weighted by Gasteiger charge is 2.34. The number of ether oxygens (including phenoxy) is 1. The zero-order valence-electron chi connectivity index (χ0n) is 17.4. The lowest BCUT2D eigenvalue weighted by molar-refractivity contribution is -0.125. The van der Waals surface area contributed by atoms with Crippen molar-refractivity contribution in [2.75, 3.05) is 11.9 Å². The van der Waals surface area contributed by atoms with E-state index in [1.54, 1.807) is 6.07 Å². The van der Waals surface area contributed by atoms with Crippen LogP contribution in [0.3, 0.4) is 0 Å². The number of thiocarbonyl (C=S) groups is 1. The molecule has 7 heteroatoms. The summed E-state index contributed by atoms with van der Waals surface area (Å²) in [5.41, 5.74) is 2.79. The summed E-state index contributed by atoms with van der Waals surface area (Å²) < 4.78 is 5.82. The molecule has 1 fully saturated rings. The van der Waals surface area contributed by atoms with Crippen LogP contribution in [0.4, 0.5) is 10.5 Å². The van der Waals surface area contributed by atoms with Crippen molar-refractivity contribution in [2.24, 2.45) is 0 Å². The molecule has 1 heterocycles. The monoisotopic (exact) mass is 445 g/mol. The lowest BCUT2D eigenvalue weighted by atomic mass is 9.99. The Hall–Kier alpha value is -3.71. The summed E-state index contributed by atoms with van der Waals surface area (Å²) in [6, 6.07) is 26.4. The average Bonchev–Trinajstić information content (AvgIpc) is 3.21. The van der Waals surface area contributed by atoms with Crippen LogP contribution >= 0.6 is 12.2 Å². The van der Waals surface area contributed by atoms with Gasteiger partial charge in [-0.2, -0.15) is 0 Å². The molecular weight excluding hydrogens is 422 g/mol. The fourth-order valence-corrected chi connectivity index (χ4v) is 3.79. The largest absolute Gasteiger partial charge is 0.489 e. The Morgan fingerprint density at radius 2 is 1.72 bits per heavy atom. The van der Waals surface area contributed by atoms with Crippen LogP contribution in [0.5, 0.6) is 5.75 Å². The van der Waals surface area contributed by atoms with E-state index in [0.29, 0.717) is 31.0 Å². The molecule has 2 N–H and O–H groups in total.